The summed E-state index contributed by atoms with van der Waals surface area (Å²) in [6.07, 6.45) is 1.34. The molecule has 2 N–H and O–H groups in total. The van der Waals surface area contributed by atoms with Gasteiger partial charge in [0.1, 0.15) is 0 Å². The van der Waals surface area contributed by atoms with E-state index in [2.05, 4.69) is 0 Å². The second-order valence-corrected chi connectivity index (χ2v) is 5.05. The topological polar surface area (TPSA) is 61.5 Å². The lowest BCUT2D eigenvalue weighted by molar-refractivity contribution is -0.00565. The van der Waals surface area contributed by atoms with Crippen molar-refractivity contribution in [3.05, 3.63) is 35.4 Å². The van der Waals surface area contributed by atoms with Crippen molar-refractivity contribution in [1.29, 1.82) is 0 Å². The van der Waals surface area contributed by atoms with Crippen molar-refractivity contribution in [2.24, 2.45) is 5.73 Å². The van der Waals surface area contributed by atoms with E-state index in [1.54, 1.807) is 13.2 Å². The minimum Gasteiger partial charge on any atom is -0.462 e. The van der Waals surface area contributed by atoms with Gasteiger partial charge in [0.05, 0.1) is 17.8 Å². The molecule has 0 fully saturated rings. The number of carbonyl (C=O) groups excluding carboxylic acids is 1. The van der Waals surface area contributed by atoms with Gasteiger partial charge < -0.3 is 15.2 Å². The van der Waals surface area contributed by atoms with Gasteiger partial charge in [-0.2, -0.15) is 0 Å². The van der Waals surface area contributed by atoms with Gasteiger partial charge in [0.15, 0.2) is 0 Å². The summed E-state index contributed by atoms with van der Waals surface area (Å²) in [5.74, 6) is -0.295. The van der Waals surface area contributed by atoms with Crippen molar-refractivity contribution in [3.8, 4) is 0 Å². The molecule has 0 spiro atoms. The largest absolute Gasteiger partial charge is 0.462 e. The molecule has 0 unspecified atom stereocenters. The van der Waals surface area contributed by atoms with Crippen LogP contribution in [0.1, 0.15) is 36.2 Å². The molecule has 0 saturated carbocycles. The third-order valence-corrected chi connectivity index (χ3v) is 3.14. The number of benzene rings is 1. The molecule has 0 radical (unpaired) electrons. The van der Waals surface area contributed by atoms with Crippen molar-refractivity contribution >= 4 is 5.97 Å². The SMILES string of the molecule is COC(C)(C)CCOC(=O)c1ccccc1CCN. The molecule has 0 saturated heterocycles. The van der Waals surface area contributed by atoms with Crippen molar-refractivity contribution in [1.82, 2.24) is 0 Å². The average molecular weight is 265 g/mol. The standard InChI is InChI=1S/C15H23NO3/c1-15(2,18-3)9-11-19-14(17)13-7-5-4-6-12(13)8-10-16/h4-7H,8-11,16H2,1-3H3. The molecule has 0 aliphatic heterocycles. The number of esters is 1. The number of nitrogens with two attached hydrogens (primary N) is 1. The van der Waals surface area contributed by atoms with Gasteiger partial charge in [-0.15, -0.1) is 0 Å². The number of ether oxygens (including phenoxy) is 2. The molecule has 0 aromatic heterocycles. The third kappa shape index (κ3) is 5.01. The second kappa shape index (κ2) is 7.26. The predicted molar refractivity (Wildman–Crippen MR) is 75.2 cm³/mol. The summed E-state index contributed by atoms with van der Waals surface area (Å²) in [4.78, 5) is 12.0. The summed E-state index contributed by atoms with van der Waals surface area (Å²) >= 11 is 0. The van der Waals surface area contributed by atoms with Gasteiger partial charge in [0.2, 0.25) is 0 Å². The third-order valence-electron chi connectivity index (χ3n) is 3.14. The first-order valence-corrected chi connectivity index (χ1v) is 6.50. The molecular weight excluding hydrogens is 242 g/mol. The Labute approximate surface area is 114 Å². The highest BCUT2D eigenvalue weighted by Crippen LogP contribution is 2.15. The molecule has 0 amide bonds. The van der Waals surface area contributed by atoms with Crippen molar-refractivity contribution in [3.63, 3.8) is 0 Å². The highest BCUT2D eigenvalue weighted by atomic mass is 16.5. The monoisotopic (exact) mass is 265 g/mol. The van der Waals surface area contributed by atoms with Crippen LogP contribution in [0.5, 0.6) is 0 Å². The van der Waals surface area contributed by atoms with E-state index in [9.17, 15) is 4.79 Å². The summed E-state index contributed by atoms with van der Waals surface area (Å²) < 4.78 is 10.6. The van der Waals surface area contributed by atoms with Crippen LogP contribution >= 0.6 is 0 Å². The lowest BCUT2D eigenvalue weighted by Gasteiger charge is -2.22. The van der Waals surface area contributed by atoms with E-state index in [4.69, 9.17) is 15.2 Å². The van der Waals surface area contributed by atoms with Crippen molar-refractivity contribution in [2.45, 2.75) is 32.3 Å². The summed E-state index contributed by atoms with van der Waals surface area (Å²) in [6, 6.07) is 7.41. The van der Waals surface area contributed by atoms with E-state index in [0.717, 1.165) is 5.56 Å². The molecular formula is C15H23NO3. The minimum atomic E-state index is -0.295. The van der Waals surface area contributed by atoms with Crippen LogP contribution in [0, 0.1) is 0 Å². The Kier molecular flexibility index (Phi) is 5.99. The summed E-state index contributed by atoms with van der Waals surface area (Å²) in [5, 5.41) is 0. The van der Waals surface area contributed by atoms with Gasteiger partial charge in [-0.3, -0.25) is 0 Å². The first-order chi connectivity index (χ1) is 9.00. The molecule has 106 valence electrons. The van der Waals surface area contributed by atoms with Crippen LogP contribution in [0.15, 0.2) is 24.3 Å². The fourth-order valence-electron chi connectivity index (χ4n) is 1.66. The van der Waals surface area contributed by atoms with Gasteiger partial charge >= 0.3 is 5.97 Å². The van der Waals surface area contributed by atoms with E-state index in [1.807, 2.05) is 32.0 Å². The van der Waals surface area contributed by atoms with Crippen LogP contribution in [0.4, 0.5) is 0 Å². The molecule has 0 aliphatic carbocycles. The summed E-state index contributed by atoms with van der Waals surface area (Å²) in [6.45, 7) is 4.78. The maximum Gasteiger partial charge on any atom is 0.338 e. The van der Waals surface area contributed by atoms with Crippen LogP contribution < -0.4 is 5.73 Å². The Hall–Kier alpha value is -1.39. The summed E-state index contributed by atoms with van der Waals surface area (Å²) in [7, 11) is 1.65. The first-order valence-electron chi connectivity index (χ1n) is 6.50. The fourth-order valence-corrected chi connectivity index (χ4v) is 1.66. The van der Waals surface area contributed by atoms with E-state index in [1.165, 1.54) is 0 Å². The normalized spacial score (nSPS) is 11.4. The van der Waals surface area contributed by atoms with E-state index < -0.39 is 0 Å². The van der Waals surface area contributed by atoms with Crippen LogP contribution in [-0.2, 0) is 15.9 Å². The quantitative estimate of drug-likeness (QED) is 0.767. The Morgan fingerprint density at radius 3 is 2.63 bits per heavy atom. The molecule has 0 bridgehead atoms. The molecule has 0 atom stereocenters. The van der Waals surface area contributed by atoms with Crippen molar-refractivity contribution < 1.29 is 14.3 Å². The minimum absolute atomic E-state index is 0.281. The smallest absolute Gasteiger partial charge is 0.338 e. The second-order valence-electron chi connectivity index (χ2n) is 5.05. The fraction of sp³-hybridized carbons (Fsp3) is 0.533. The zero-order valence-corrected chi connectivity index (χ0v) is 11.9. The van der Waals surface area contributed by atoms with Gasteiger partial charge in [0.25, 0.3) is 0 Å². The molecule has 0 aliphatic rings. The van der Waals surface area contributed by atoms with Crippen LogP contribution in [-0.4, -0.2) is 31.8 Å². The zero-order valence-electron chi connectivity index (χ0n) is 11.9. The van der Waals surface area contributed by atoms with Crippen LogP contribution in [0.25, 0.3) is 0 Å². The maximum absolute atomic E-state index is 12.0. The summed E-state index contributed by atoms with van der Waals surface area (Å²) in [5.41, 5.74) is 6.79. The molecule has 4 heteroatoms. The van der Waals surface area contributed by atoms with Crippen LogP contribution in [0.3, 0.4) is 0 Å². The Balaban J connectivity index is 2.59. The maximum atomic E-state index is 12.0. The van der Waals surface area contributed by atoms with Crippen LogP contribution in [0.2, 0.25) is 0 Å². The molecule has 1 rings (SSSR count). The number of rotatable bonds is 7. The van der Waals surface area contributed by atoms with Gasteiger partial charge in [-0.1, -0.05) is 18.2 Å². The van der Waals surface area contributed by atoms with Gasteiger partial charge in [-0.25, -0.2) is 4.79 Å². The molecule has 19 heavy (non-hydrogen) atoms. The number of hydrogen-bond donors (Lipinski definition) is 1. The molecule has 0 heterocycles. The zero-order chi connectivity index (χ0) is 14.3. The van der Waals surface area contributed by atoms with E-state index in [-0.39, 0.29) is 11.6 Å². The molecule has 1 aromatic rings. The Morgan fingerprint density at radius 2 is 2.00 bits per heavy atom. The molecule has 4 nitrogen and oxygen atoms in total. The Bertz CT molecular complexity index is 416. The van der Waals surface area contributed by atoms with E-state index in [0.29, 0.717) is 31.6 Å². The number of hydrogen-bond acceptors (Lipinski definition) is 4. The highest BCUT2D eigenvalue weighted by Gasteiger charge is 2.18. The lowest BCUT2D eigenvalue weighted by Crippen LogP contribution is -2.25. The Morgan fingerprint density at radius 1 is 1.32 bits per heavy atom. The lowest BCUT2D eigenvalue weighted by atomic mass is 10.0. The first kappa shape index (κ1) is 15.7. The number of methoxy groups -OCH3 is 1. The predicted octanol–water partition coefficient (Wildman–Crippen LogP) is 2.16. The molecule has 1 aromatic carbocycles. The van der Waals surface area contributed by atoms with Gasteiger partial charge in [0, 0.05) is 13.5 Å². The average Bonchev–Trinajstić information content (AvgIpc) is 2.39. The number of carbonyl (C=O) groups is 1. The highest BCUT2D eigenvalue weighted by molar-refractivity contribution is 5.91. The van der Waals surface area contributed by atoms with Gasteiger partial charge in [-0.05, 0) is 38.4 Å². The van der Waals surface area contributed by atoms with Crippen molar-refractivity contribution in [2.75, 3.05) is 20.3 Å². The van der Waals surface area contributed by atoms with E-state index >= 15 is 0 Å².